The van der Waals surface area contributed by atoms with Gasteiger partial charge in [0, 0.05) is 37.1 Å². The molecular formula is C25H32FN7O3S. The van der Waals surface area contributed by atoms with Crippen molar-refractivity contribution >= 4 is 44.0 Å². The molecule has 0 bridgehead atoms. The average Bonchev–Trinajstić information content (AvgIpc) is 2.84. The number of pyridine rings is 2. The Balaban J connectivity index is 1.44. The van der Waals surface area contributed by atoms with Crippen LogP contribution in [0.1, 0.15) is 45.1 Å². The molecule has 5 heterocycles. The molecular weight excluding hydrogens is 497 g/mol. The Morgan fingerprint density at radius 2 is 1.95 bits per heavy atom. The lowest BCUT2D eigenvalue weighted by Crippen LogP contribution is -2.52. The van der Waals surface area contributed by atoms with Crippen molar-refractivity contribution in [2.24, 2.45) is 0 Å². The third-order valence-corrected chi connectivity index (χ3v) is 8.68. The van der Waals surface area contributed by atoms with Gasteiger partial charge in [-0.1, -0.05) is 13.8 Å². The van der Waals surface area contributed by atoms with Crippen LogP contribution >= 0.6 is 0 Å². The summed E-state index contributed by atoms with van der Waals surface area (Å²) in [6.07, 6.45) is 4.59. The summed E-state index contributed by atoms with van der Waals surface area (Å²) in [5.41, 5.74) is -0.316. The van der Waals surface area contributed by atoms with Crippen molar-refractivity contribution in [2.75, 3.05) is 46.4 Å². The molecule has 2 atom stereocenters. The minimum Gasteiger partial charge on any atom is -0.387 e. The maximum absolute atomic E-state index is 14.4. The van der Waals surface area contributed by atoms with Gasteiger partial charge in [-0.25, -0.2) is 27.8 Å². The molecule has 3 aromatic heterocycles. The van der Waals surface area contributed by atoms with Crippen LogP contribution in [0.3, 0.4) is 0 Å². The first kappa shape index (κ1) is 25.5. The number of hydrogen-bond donors (Lipinski definition) is 2. The molecule has 0 unspecified atom stereocenters. The molecule has 0 radical (unpaired) electrons. The monoisotopic (exact) mass is 529 g/mol. The number of nitrogens with zero attached hydrogens (tertiary/aromatic N) is 6. The first-order chi connectivity index (χ1) is 17.5. The van der Waals surface area contributed by atoms with E-state index in [1.165, 1.54) is 6.92 Å². The third-order valence-electron chi connectivity index (χ3n) is 7.06. The smallest absolute Gasteiger partial charge is 0.227 e. The normalized spacial score (nSPS) is 24.0. The summed E-state index contributed by atoms with van der Waals surface area (Å²) in [7, 11) is -3.15. The minimum absolute atomic E-state index is 0.0183. The first-order valence-electron chi connectivity index (χ1n) is 12.5. The SMILES string of the molecule is CC(C)c1cnc(N2CCCS(=O)(=O)C2)c2cnc(Nc3ccnc(N4CC[C@@](C)(O)[C@@H](F)C4)n3)cc12. The van der Waals surface area contributed by atoms with Gasteiger partial charge >= 0.3 is 0 Å². The Hall–Kier alpha value is -3.12. The topological polar surface area (TPSA) is 124 Å². The number of halogens is 1. The van der Waals surface area contributed by atoms with Crippen LogP contribution in [0, 0.1) is 0 Å². The van der Waals surface area contributed by atoms with Gasteiger partial charge in [-0.3, -0.25) is 0 Å². The zero-order valence-corrected chi connectivity index (χ0v) is 22.0. The zero-order chi connectivity index (χ0) is 26.4. The summed E-state index contributed by atoms with van der Waals surface area (Å²) in [4.78, 5) is 21.6. The number of nitrogens with one attached hydrogen (secondary N) is 1. The lowest BCUT2D eigenvalue weighted by Gasteiger charge is -2.38. The van der Waals surface area contributed by atoms with Crippen molar-refractivity contribution in [3.05, 3.63) is 36.3 Å². The van der Waals surface area contributed by atoms with E-state index >= 15 is 0 Å². The summed E-state index contributed by atoms with van der Waals surface area (Å²) in [5, 5.41) is 15.1. The van der Waals surface area contributed by atoms with Crippen LogP contribution in [0.5, 0.6) is 0 Å². The fourth-order valence-corrected chi connectivity index (χ4v) is 6.24. The molecule has 5 rings (SSSR count). The van der Waals surface area contributed by atoms with E-state index in [0.29, 0.717) is 42.9 Å². The van der Waals surface area contributed by atoms with Crippen LogP contribution in [-0.2, 0) is 9.84 Å². The lowest BCUT2D eigenvalue weighted by atomic mass is 9.92. The molecule has 0 saturated carbocycles. The highest BCUT2D eigenvalue weighted by molar-refractivity contribution is 7.91. The molecule has 2 fully saturated rings. The second-order valence-electron chi connectivity index (χ2n) is 10.4. The van der Waals surface area contributed by atoms with Crippen LogP contribution < -0.4 is 15.1 Å². The maximum atomic E-state index is 14.4. The molecule has 0 aromatic carbocycles. The molecule has 37 heavy (non-hydrogen) atoms. The summed E-state index contributed by atoms with van der Waals surface area (Å²) in [5.74, 6) is 2.41. The van der Waals surface area contributed by atoms with Crippen molar-refractivity contribution in [3.8, 4) is 0 Å². The predicted octanol–water partition coefficient (Wildman–Crippen LogP) is 3.17. The van der Waals surface area contributed by atoms with E-state index < -0.39 is 21.6 Å². The average molecular weight is 530 g/mol. The Bertz CT molecular complexity index is 1420. The van der Waals surface area contributed by atoms with Gasteiger partial charge in [-0.15, -0.1) is 0 Å². The van der Waals surface area contributed by atoms with E-state index in [1.54, 1.807) is 23.4 Å². The standard InChI is InChI=1S/C25H32FN7O3S/c1-16(2)18-12-29-23(33-8-4-10-37(35,36)15-33)19-13-28-22(11-17(18)19)30-21-5-7-27-24(31-21)32-9-6-25(3,34)20(26)14-32/h5,7,11-13,16,20,34H,4,6,8-10,14-15H2,1-3H3,(H,27,28,30,31)/t20-,25+/m0/s1. The van der Waals surface area contributed by atoms with Gasteiger partial charge in [0.05, 0.1) is 17.9 Å². The summed E-state index contributed by atoms with van der Waals surface area (Å²) >= 11 is 0. The molecule has 0 aliphatic carbocycles. The Kier molecular flexibility index (Phi) is 6.65. The third kappa shape index (κ3) is 5.30. The number of fused-ring (bicyclic) bond motifs is 1. The minimum atomic E-state index is -3.15. The highest BCUT2D eigenvalue weighted by atomic mass is 32.2. The number of aliphatic hydroxyl groups is 1. The molecule has 2 saturated heterocycles. The van der Waals surface area contributed by atoms with Crippen molar-refractivity contribution in [2.45, 2.75) is 51.3 Å². The number of rotatable bonds is 5. The van der Waals surface area contributed by atoms with Gasteiger partial charge < -0.3 is 20.2 Å². The molecule has 10 nitrogen and oxygen atoms in total. The second-order valence-corrected chi connectivity index (χ2v) is 12.5. The van der Waals surface area contributed by atoms with Crippen LogP contribution in [-0.4, -0.2) is 76.5 Å². The number of alkyl halides is 1. The highest BCUT2D eigenvalue weighted by Gasteiger charge is 2.38. The van der Waals surface area contributed by atoms with Crippen molar-refractivity contribution in [1.29, 1.82) is 0 Å². The van der Waals surface area contributed by atoms with Gasteiger partial charge in [0.1, 0.15) is 29.5 Å². The fourth-order valence-electron chi connectivity index (χ4n) is 4.81. The highest BCUT2D eigenvalue weighted by Crippen LogP contribution is 2.34. The van der Waals surface area contributed by atoms with E-state index in [4.69, 9.17) is 0 Å². The fraction of sp³-hybridized carbons (Fsp3) is 0.520. The van der Waals surface area contributed by atoms with Crippen LogP contribution in [0.2, 0.25) is 0 Å². The molecule has 2 aliphatic heterocycles. The number of hydrogen-bond acceptors (Lipinski definition) is 10. The Labute approximate surface area is 215 Å². The van der Waals surface area contributed by atoms with Gasteiger partial charge in [0.15, 0.2) is 9.84 Å². The predicted molar refractivity (Wildman–Crippen MR) is 142 cm³/mol. The Morgan fingerprint density at radius 1 is 1.14 bits per heavy atom. The molecule has 198 valence electrons. The number of sulfone groups is 1. The van der Waals surface area contributed by atoms with Crippen LogP contribution in [0.4, 0.5) is 27.8 Å². The zero-order valence-electron chi connectivity index (χ0n) is 21.2. The number of anilines is 4. The number of aromatic nitrogens is 4. The van der Waals surface area contributed by atoms with Crippen molar-refractivity contribution < 1.29 is 17.9 Å². The molecule has 0 spiro atoms. The largest absolute Gasteiger partial charge is 0.387 e. The lowest BCUT2D eigenvalue weighted by molar-refractivity contribution is -0.0332. The van der Waals surface area contributed by atoms with Crippen molar-refractivity contribution in [3.63, 3.8) is 0 Å². The van der Waals surface area contributed by atoms with E-state index in [2.05, 4.69) is 39.1 Å². The maximum Gasteiger partial charge on any atom is 0.227 e. The van der Waals surface area contributed by atoms with E-state index in [1.807, 2.05) is 17.2 Å². The van der Waals surface area contributed by atoms with E-state index in [9.17, 15) is 17.9 Å². The van der Waals surface area contributed by atoms with E-state index in [0.717, 1.165) is 16.3 Å². The summed E-state index contributed by atoms with van der Waals surface area (Å²) in [6.45, 7) is 6.77. The summed E-state index contributed by atoms with van der Waals surface area (Å²) < 4.78 is 38.9. The molecule has 2 N–H and O–H groups in total. The van der Waals surface area contributed by atoms with E-state index in [-0.39, 0.29) is 30.5 Å². The number of piperidine rings is 1. The van der Waals surface area contributed by atoms with Gasteiger partial charge in [0.2, 0.25) is 5.95 Å². The van der Waals surface area contributed by atoms with Gasteiger partial charge in [-0.2, -0.15) is 4.98 Å². The van der Waals surface area contributed by atoms with Crippen LogP contribution in [0.25, 0.3) is 10.8 Å². The second kappa shape index (κ2) is 9.64. The van der Waals surface area contributed by atoms with Gasteiger partial charge in [0.25, 0.3) is 0 Å². The molecule has 0 amide bonds. The van der Waals surface area contributed by atoms with Crippen molar-refractivity contribution in [1.82, 2.24) is 19.9 Å². The molecule has 3 aromatic rings. The molecule has 12 heteroatoms. The van der Waals surface area contributed by atoms with Crippen LogP contribution in [0.15, 0.2) is 30.7 Å². The van der Waals surface area contributed by atoms with Gasteiger partial charge in [-0.05, 0) is 48.8 Å². The quantitative estimate of drug-likeness (QED) is 0.509. The first-order valence-corrected chi connectivity index (χ1v) is 14.3. The Morgan fingerprint density at radius 3 is 2.68 bits per heavy atom. The molecule has 2 aliphatic rings. The summed E-state index contributed by atoms with van der Waals surface area (Å²) in [6, 6.07) is 3.63.